The molecule has 1 amide bonds. The highest BCUT2D eigenvalue weighted by molar-refractivity contribution is 7.10. The summed E-state index contributed by atoms with van der Waals surface area (Å²) in [5.74, 6) is 0.880. The quantitative estimate of drug-likeness (QED) is 0.572. The Morgan fingerprint density at radius 2 is 2.15 bits per heavy atom. The number of aliphatic imine (C=N–C) groups is 1. The van der Waals surface area contributed by atoms with E-state index in [9.17, 15) is 4.79 Å². The van der Waals surface area contributed by atoms with Crippen LogP contribution in [-0.2, 0) is 24.3 Å². The summed E-state index contributed by atoms with van der Waals surface area (Å²) in [6.45, 7) is 5.38. The number of nitrogens with one attached hydrogen (secondary N) is 2. The van der Waals surface area contributed by atoms with Crippen LogP contribution in [-0.4, -0.2) is 36.4 Å². The molecule has 2 heterocycles. The van der Waals surface area contributed by atoms with Crippen molar-refractivity contribution in [3.63, 3.8) is 0 Å². The summed E-state index contributed by atoms with van der Waals surface area (Å²) in [6, 6.07) is 9.82. The van der Waals surface area contributed by atoms with Gasteiger partial charge in [-0.3, -0.25) is 4.79 Å². The van der Waals surface area contributed by atoms with E-state index in [1.807, 2.05) is 36.1 Å². The third kappa shape index (κ3) is 5.47. The van der Waals surface area contributed by atoms with Gasteiger partial charge in [0.2, 0.25) is 5.91 Å². The number of rotatable bonds is 6. The second-order valence-electron chi connectivity index (χ2n) is 6.40. The van der Waals surface area contributed by atoms with Crippen LogP contribution in [0.1, 0.15) is 29.3 Å². The maximum Gasteiger partial charge on any atom is 0.224 e. The number of carbonyl (C=O) groups excluding carboxylic acids is 1. The van der Waals surface area contributed by atoms with E-state index in [2.05, 4.69) is 27.1 Å². The Balaban J connectivity index is 1.48. The molecule has 5 nitrogen and oxygen atoms in total. The molecule has 0 bridgehead atoms. The van der Waals surface area contributed by atoms with E-state index >= 15 is 0 Å². The highest BCUT2D eigenvalue weighted by Gasteiger charge is 2.20. The highest BCUT2D eigenvalue weighted by atomic mass is 35.5. The van der Waals surface area contributed by atoms with Crippen molar-refractivity contribution in [2.75, 3.05) is 19.6 Å². The van der Waals surface area contributed by atoms with Crippen LogP contribution < -0.4 is 10.6 Å². The maximum atomic E-state index is 12.5. The molecule has 0 atom stereocenters. The molecule has 0 fully saturated rings. The Kier molecular flexibility index (Phi) is 7.12. The van der Waals surface area contributed by atoms with E-state index in [0.29, 0.717) is 30.5 Å². The van der Waals surface area contributed by atoms with Crippen molar-refractivity contribution in [3.05, 3.63) is 56.7 Å². The first kappa shape index (κ1) is 19.7. The highest BCUT2D eigenvalue weighted by Crippen LogP contribution is 2.24. The van der Waals surface area contributed by atoms with Crippen molar-refractivity contribution in [1.82, 2.24) is 15.5 Å². The monoisotopic (exact) mass is 404 g/mol. The van der Waals surface area contributed by atoms with Gasteiger partial charge >= 0.3 is 0 Å². The van der Waals surface area contributed by atoms with E-state index in [0.717, 1.165) is 31.6 Å². The fraction of sp³-hybridized carbons (Fsp3) is 0.400. The average Bonchev–Trinajstić information content (AvgIpc) is 3.15. The molecule has 0 aliphatic carbocycles. The van der Waals surface area contributed by atoms with E-state index in [-0.39, 0.29) is 5.91 Å². The summed E-state index contributed by atoms with van der Waals surface area (Å²) in [4.78, 5) is 20.4. The summed E-state index contributed by atoms with van der Waals surface area (Å²) < 4.78 is 0. The first-order valence-electron chi connectivity index (χ1n) is 9.26. The van der Waals surface area contributed by atoms with Gasteiger partial charge in [0.15, 0.2) is 5.96 Å². The number of halogens is 1. The van der Waals surface area contributed by atoms with Crippen molar-refractivity contribution >= 4 is 34.8 Å². The number of nitrogens with zero attached hydrogens (tertiary/aromatic N) is 2. The number of fused-ring (bicyclic) bond motifs is 1. The summed E-state index contributed by atoms with van der Waals surface area (Å²) in [5.41, 5.74) is 2.27. The largest absolute Gasteiger partial charge is 0.357 e. The lowest BCUT2D eigenvalue weighted by Crippen LogP contribution is -2.41. The van der Waals surface area contributed by atoms with Crippen LogP contribution in [0.2, 0.25) is 5.02 Å². The first-order valence-corrected chi connectivity index (χ1v) is 10.5. The molecule has 27 heavy (non-hydrogen) atoms. The molecule has 2 N–H and O–H groups in total. The number of carbonyl (C=O) groups is 1. The minimum Gasteiger partial charge on any atom is -0.357 e. The van der Waals surface area contributed by atoms with Crippen molar-refractivity contribution in [2.45, 2.75) is 32.9 Å². The molecule has 0 radical (unpaired) electrons. The van der Waals surface area contributed by atoms with Gasteiger partial charge in [-0.25, -0.2) is 4.99 Å². The summed E-state index contributed by atoms with van der Waals surface area (Å²) >= 11 is 7.97. The zero-order chi connectivity index (χ0) is 19.1. The molecule has 1 aromatic heterocycles. The minimum absolute atomic E-state index is 0.182. The predicted octanol–water partition coefficient (Wildman–Crippen LogP) is 3.43. The molecule has 0 unspecified atom stereocenters. The number of hydrogen-bond donors (Lipinski definition) is 2. The lowest BCUT2D eigenvalue weighted by Gasteiger charge is -2.27. The zero-order valence-corrected chi connectivity index (χ0v) is 17.1. The molecule has 1 aliphatic rings. The molecule has 2 aromatic rings. The fourth-order valence-corrected chi connectivity index (χ4v) is 4.13. The van der Waals surface area contributed by atoms with E-state index in [4.69, 9.17) is 11.6 Å². The van der Waals surface area contributed by atoms with Gasteiger partial charge in [0, 0.05) is 42.5 Å². The van der Waals surface area contributed by atoms with Gasteiger partial charge in [0.05, 0.1) is 6.54 Å². The van der Waals surface area contributed by atoms with Gasteiger partial charge in [0.25, 0.3) is 0 Å². The molecule has 144 valence electrons. The van der Waals surface area contributed by atoms with Crippen molar-refractivity contribution < 1.29 is 4.79 Å². The summed E-state index contributed by atoms with van der Waals surface area (Å²) in [5, 5.41) is 9.27. The van der Waals surface area contributed by atoms with E-state index in [1.54, 1.807) is 11.3 Å². The predicted molar refractivity (Wildman–Crippen MR) is 112 cm³/mol. The maximum absolute atomic E-state index is 12.5. The van der Waals surface area contributed by atoms with Crippen LogP contribution in [0.4, 0.5) is 0 Å². The Hall–Kier alpha value is -2.05. The normalized spacial score (nSPS) is 14.0. The van der Waals surface area contributed by atoms with Gasteiger partial charge in [-0.2, -0.15) is 0 Å². The van der Waals surface area contributed by atoms with Crippen molar-refractivity contribution in [2.24, 2.45) is 4.99 Å². The first-order chi connectivity index (χ1) is 13.2. The van der Waals surface area contributed by atoms with Crippen LogP contribution in [0.15, 0.2) is 40.7 Å². The van der Waals surface area contributed by atoms with Crippen LogP contribution in [0.5, 0.6) is 0 Å². The number of thiophene rings is 1. The molecular weight excluding hydrogens is 380 g/mol. The molecule has 3 rings (SSSR count). The number of benzene rings is 1. The van der Waals surface area contributed by atoms with Gasteiger partial charge in [0.1, 0.15) is 0 Å². The molecular formula is C20H25ClN4OS. The molecule has 0 saturated heterocycles. The van der Waals surface area contributed by atoms with Crippen LogP contribution >= 0.6 is 22.9 Å². The zero-order valence-electron chi connectivity index (χ0n) is 15.5. The molecule has 1 aliphatic heterocycles. The lowest BCUT2D eigenvalue weighted by atomic mass is 10.1. The molecule has 1 aromatic carbocycles. The fourth-order valence-electron chi connectivity index (χ4n) is 3.04. The second kappa shape index (κ2) is 9.76. The SMILES string of the molecule is CCNC(=NCc1ccccc1Cl)NCCC(=O)N1CCc2sccc2C1. The van der Waals surface area contributed by atoms with Crippen LogP contribution in [0.3, 0.4) is 0 Å². The third-order valence-corrected chi connectivity index (χ3v) is 5.89. The summed E-state index contributed by atoms with van der Waals surface area (Å²) in [7, 11) is 0. The van der Waals surface area contributed by atoms with Crippen molar-refractivity contribution in [3.8, 4) is 0 Å². The molecule has 7 heteroatoms. The van der Waals surface area contributed by atoms with Gasteiger partial charge in [-0.15, -0.1) is 11.3 Å². The van der Waals surface area contributed by atoms with Crippen LogP contribution in [0, 0.1) is 0 Å². The number of guanidine groups is 1. The standard InChI is InChI=1S/C20H25ClN4OS/c1-2-22-20(24-13-15-5-3-4-6-17(15)21)23-10-7-19(26)25-11-8-18-16(14-25)9-12-27-18/h3-6,9,12H,2,7-8,10-11,13-14H2,1H3,(H2,22,23,24). The number of hydrogen-bond acceptors (Lipinski definition) is 3. The van der Waals surface area contributed by atoms with Gasteiger partial charge in [-0.05, 0) is 42.0 Å². The Labute approximate surface area is 169 Å². The third-order valence-electron chi connectivity index (χ3n) is 4.50. The smallest absolute Gasteiger partial charge is 0.224 e. The van der Waals surface area contributed by atoms with Crippen LogP contribution in [0.25, 0.3) is 0 Å². The Morgan fingerprint density at radius 1 is 1.30 bits per heavy atom. The minimum atomic E-state index is 0.182. The summed E-state index contributed by atoms with van der Waals surface area (Å²) in [6.07, 6.45) is 1.42. The van der Waals surface area contributed by atoms with Gasteiger partial charge in [-0.1, -0.05) is 29.8 Å². The lowest BCUT2D eigenvalue weighted by molar-refractivity contribution is -0.131. The Morgan fingerprint density at radius 3 is 2.96 bits per heavy atom. The molecule has 0 spiro atoms. The topological polar surface area (TPSA) is 56.7 Å². The van der Waals surface area contributed by atoms with Gasteiger partial charge < -0.3 is 15.5 Å². The molecule has 0 saturated carbocycles. The average molecular weight is 405 g/mol. The van der Waals surface area contributed by atoms with Crippen molar-refractivity contribution in [1.29, 1.82) is 0 Å². The van der Waals surface area contributed by atoms with E-state index < -0.39 is 0 Å². The van der Waals surface area contributed by atoms with E-state index in [1.165, 1.54) is 10.4 Å². The number of amides is 1. The second-order valence-corrected chi connectivity index (χ2v) is 7.81. The Bertz CT molecular complexity index is 805.